The molecule has 2 aliphatic heterocycles. The molecule has 35 heavy (non-hydrogen) atoms. The van der Waals surface area contributed by atoms with Gasteiger partial charge in [-0.3, -0.25) is 4.79 Å². The molecule has 1 amide bonds. The Morgan fingerprint density at radius 1 is 1.09 bits per heavy atom. The Labute approximate surface area is 203 Å². The number of imidazole rings is 1. The van der Waals surface area contributed by atoms with Crippen molar-refractivity contribution in [3.05, 3.63) is 47.6 Å². The lowest BCUT2D eigenvalue weighted by Gasteiger charge is -2.32. The maximum absolute atomic E-state index is 14.8. The van der Waals surface area contributed by atoms with Crippen LogP contribution in [0.4, 0.5) is 16.0 Å². The van der Waals surface area contributed by atoms with E-state index in [0.29, 0.717) is 49.2 Å². The molecule has 0 unspecified atom stereocenters. The number of aryl methyl sites for hydroxylation is 1. The van der Waals surface area contributed by atoms with Crippen LogP contribution in [0.25, 0.3) is 11.4 Å². The summed E-state index contributed by atoms with van der Waals surface area (Å²) in [6.45, 7) is 6.25. The number of hydrogen-bond donors (Lipinski definition) is 2. The van der Waals surface area contributed by atoms with Gasteiger partial charge in [-0.1, -0.05) is 0 Å². The number of carbonyl (C=O) groups is 1. The average molecular weight is 481 g/mol. The fourth-order valence-electron chi connectivity index (χ4n) is 4.46. The van der Waals surface area contributed by atoms with Crippen LogP contribution < -0.4 is 5.32 Å². The van der Waals surface area contributed by atoms with Gasteiger partial charge in [-0.25, -0.2) is 24.3 Å². The average Bonchev–Trinajstić information content (AvgIpc) is 3.27. The van der Waals surface area contributed by atoms with E-state index in [1.165, 1.54) is 0 Å². The molecule has 2 fully saturated rings. The minimum absolute atomic E-state index is 0.0838. The van der Waals surface area contributed by atoms with Crippen LogP contribution in [-0.4, -0.2) is 87.1 Å². The molecule has 184 valence electrons. The summed E-state index contributed by atoms with van der Waals surface area (Å²) in [5, 5.41) is 3.06. The number of aromatic nitrogens is 5. The van der Waals surface area contributed by atoms with Gasteiger partial charge in [0.1, 0.15) is 22.9 Å². The largest absolute Gasteiger partial charge is 0.381 e. The molecule has 0 aliphatic carbocycles. The molecule has 0 saturated carbocycles. The van der Waals surface area contributed by atoms with Gasteiger partial charge in [0.25, 0.3) is 5.91 Å². The number of nitrogens with zero attached hydrogens (tertiary/aromatic N) is 6. The quantitative estimate of drug-likeness (QED) is 0.573. The van der Waals surface area contributed by atoms with Crippen LogP contribution >= 0.6 is 0 Å². The van der Waals surface area contributed by atoms with Gasteiger partial charge < -0.3 is 24.8 Å². The first-order valence-electron chi connectivity index (χ1n) is 11.9. The highest BCUT2D eigenvalue weighted by atomic mass is 19.1. The van der Waals surface area contributed by atoms with Crippen LogP contribution in [0.3, 0.4) is 0 Å². The summed E-state index contributed by atoms with van der Waals surface area (Å²) in [5.41, 5.74) is 2.50. The molecule has 2 aliphatic rings. The van der Waals surface area contributed by atoms with Crippen LogP contribution in [0, 0.1) is 12.7 Å². The van der Waals surface area contributed by atoms with Crippen molar-refractivity contribution in [2.24, 2.45) is 0 Å². The molecular weight excluding hydrogens is 451 g/mol. The van der Waals surface area contributed by atoms with Gasteiger partial charge >= 0.3 is 0 Å². The van der Waals surface area contributed by atoms with Crippen LogP contribution in [0.5, 0.6) is 0 Å². The monoisotopic (exact) mass is 480 g/mol. The van der Waals surface area contributed by atoms with Gasteiger partial charge in [0.05, 0.1) is 18.1 Å². The molecular formula is C24H29FN8O2. The van der Waals surface area contributed by atoms with Crippen LogP contribution in [-0.2, 0) is 4.74 Å². The highest BCUT2D eigenvalue weighted by molar-refractivity contribution is 5.92. The Bertz CT molecular complexity index is 1180. The molecule has 0 radical (unpaired) electrons. The fourth-order valence-corrected chi connectivity index (χ4v) is 4.46. The highest BCUT2D eigenvalue weighted by Gasteiger charge is 2.26. The number of likely N-dealkylation sites (N-methyl/N-ethyl adjacent to an activating group) is 1. The summed E-state index contributed by atoms with van der Waals surface area (Å²) in [6.07, 6.45) is 4.39. The predicted molar refractivity (Wildman–Crippen MR) is 128 cm³/mol. The van der Waals surface area contributed by atoms with E-state index in [4.69, 9.17) is 4.74 Å². The summed E-state index contributed by atoms with van der Waals surface area (Å²) >= 11 is 0. The second kappa shape index (κ2) is 10.0. The number of H-pyrrole nitrogens is 1. The lowest BCUT2D eigenvalue weighted by atomic mass is 9.94. The van der Waals surface area contributed by atoms with Gasteiger partial charge in [-0.15, -0.1) is 0 Å². The number of rotatable bonds is 5. The smallest absolute Gasteiger partial charge is 0.272 e. The van der Waals surface area contributed by atoms with Crippen LogP contribution in [0.2, 0.25) is 0 Å². The summed E-state index contributed by atoms with van der Waals surface area (Å²) in [7, 11) is 2.04. The molecule has 5 heterocycles. The van der Waals surface area contributed by atoms with E-state index in [1.54, 1.807) is 18.3 Å². The number of carbonyl (C=O) groups excluding carboxylic acids is 1. The normalized spacial score (nSPS) is 17.5. The third kappa shape index (κ3) is 5.15. The van der Waals surface area contributed by atoms with Crippen LogP contribution in [0.15, 0.2) is 24.5 Å². The lowest BCUT2D eigenvalue weighted by Crippen LogP contribution is -2.47. The van der Waals surface area contributed by atoms with Crippen molar-refractivity contribution in [2.75, 3.05) is 51.8 Å². The minimum Gasteiger partial charge on any atom is -0.381 e. The molecule has 2 N–H and O–H groups in total. The van der Waals surface area contributed by atoms with Gasteiger partial charge in [0.2, 0.25) is 5.95 Å². The number of anilines is 2. The lowest BCUT2D eigenvalue weighted by molar-refractivity contribution is 0.0658. The van der Waals surface area contributed by atoms with Crippen molar-refractivity contribution in [3.8, 4) is 11.4 Å². The summed E-state index contributed by atoms with van der Waals surface area (Å²) in [5.74, 6) is 0.514. The zero-order chi connectivity index (χ0) is 24.4. The number of ether oxygens (including phenoxy) is 1. The van der Waals surface area contributed by atoms with E-state index in [1.807, 2.05) is 18.9 Å². The fraction of sp³-hybridized carbons (Fsp3) is 0.458. The number of halogens is 1. The zero-order valence-corrected chi connectivity index (χ0v) is 19.9. The first kappa shape index (κ1) is 23.3. The van der Waals surface area contributed by atoms with Crippen molar-refractivity contribution in [1.82, 2.24) is 34.7 Å². The number of amides is 1. The highest BCUT2D eigenvalue weighted by Crippen LogP contribution is 2.34. The molecule has 10 nitrogen and oxygen atoms in total. The van der Waals surface area contributed by atoms with E-state index >= 15 is 0 Å². The van der Waals surface area contributed by atoms with Gasteiger partial charge in [0.15, 0.2) is 5.82 Å². The van der Waals surface area contributed by atoms with E-state index in [-0.39, 0.29) is 23.5 Å². The van der Waals surface area contributed by atoms with Crippen molar-refractivity contribution in [2.45, 2.75) is 25.7 Å². The number of piperazine rings is 1. The van der Waals surface area contributed by atoms with E-state index < -0.39 is 5.82 Å². The first-order chi connectivity index (χ1) is 17.0. The number of nitrogens with one attached hydrogen (secondary N) is 2. The molecule has 5 rings (SSSR count). The third-order valence-electron chi connectivity index (χ3n) is 6.48. The zero-order valence-electron chi connectivity index (χ0n) is 19.9. The van der Waals surface area contributed by atoms with Crippen molar-refractivity contribution in [1.29, 1.82) is 0 Å². The maximum Gasteiger partial charge on any atom is 0.272 e. The second-order valence-electron chi connectivity index (χ2n) is 9.01. The predicted octanol–water partition coefficient (Wildman–Crippen LogP) is 2.73. The molecule has 3 aromatic rings. The maximum atomic E-state index is 14.8. The molecule has 0 spiro atoms. The van der Waals surface area contributed by atoms with Crippen molar-refractivity contribution < 1.29 is 13.9 Å². The molecule has 0 aromatic carbocycles. The van der Waals surface area contributed by atoms with Crippen molar-refractivity contribution >= 4 is 17.5 Å². The minimum atomic E-state index is -0.540. The van der Waals surface area contributed by atoms with E-state index in [0.717, 1.165) is 37.8 Å². The topological polar surface area (TPSA) is 112 Å². The summed E-state index contributed by atoms with van der Waals surface area (Å²) < 4.78 is 20.3. The second-order valence-corrected chi connectivity index (χ2v) is 9.01. The SMILES string of the molecule is Cc1nc(-c2nc(Nc3ccc(C(=O)N4CCN(C)CC4)nc3)ncc2F)c(C2CCOCC2)[nH]1. The van der Waals surface area contributed by atoms with Gasteiger partial charge in [0, 0.05) is 51.0 Å². The van der Waals surface area contributed by atoms with E-state index in [2.05, 4.69) is 35.1 Å². The first-order valence-corrected chi connectivity index (χ1v) is 11.9. The standard InChI is InChI=1S/C24H29FN8O2/c1-15-28-20(16-5-11-35-12-6-16)22(29-15)21-18(25)14-27-24(31-21)30-17-3-4-19(26-13-17)23(34)33-9-7-32(2)8-10-33/h3-4,13-14,16H,5-12H2,1-2H3,(H,28,29)(H,27,30,31). The molecule has 0 bridgehead atoms. The Morgan fingerprint density at radius 3 is 2.57 bits per heavy atom. The number of aromatic amines is 1. The van der Waals surface area contributed by atoms with Crippen molar-refractivity contribution in [3.63, 3.8) is 0 Å². The third-order valence-corrected chi connectivity index (χ3v) is 6.48. The summed E-state index contributed by atoms with van der Waals surface area (Å²) in [4.78, 5) is 37.4. The van der Waals surface area contributed by atoms with Gasteiger partial charge in [-0.05, 0) is 38.9 Å². The Kier molecular flexibility index (Phi) is 6.69. The molecule has 2 saturated heterocycles. The van der Waals surface area contributed by atoms with Crippen LogP contribution in [0.1, 0.15) is 40.8 Å². The molecule has 0 atom stereocenters. The Morgan fingerprint density at radius 2 is 1.86 bits per heavy atom. The Balaban J connectivity index is 1.33. The number of pyridine rings is 1. The Hall–Kier alpha value is -3.44. The molecule has 11 heteroatoms. The van der Waals surface area contributed by atoms with E-state index in [9.17, 15) is 9.18 Å². The number of hydrogen-bond acceptors (Lipinski definition) is 8. The van der Waals surface area contributed by atoms with Gasteiger partial charge in [-0.2, -0.15) is 0 Å². The molecule has 3 aromatic heterocycles. The summed E-state index contributed by atoms with van der Waals surface area (Å²) in [6, 6.07) is 3.42.